The van der Waals surface area contributed by atoms with E-state index in [1.807, 2.05) is 4.90 Å². The van der Waals surface area contributed by atoms with E-state index in [9.17, 15) is 4.79 Å². The number of aliphatic imine (C=N–C) groups is 1. The minimum absolute atomic E-state index is 0. The molecular weight excluding hydrogens is 391 g/mol. The quantitative estimate of drug-likeness (QED) is 0.430. The van der Waals surface area contributed by atoms with Gasteiger partial charge in [-0.1, -0.05) is 13.8 Å². The van der Waals surface area contributed by atoms with Crippen molar-refractivity contribution in [1.82, 2.24) is 15.1 Å². The Morgan fingerprint density at radius 2 is 1.86 bits per heavy atom. The maximum Gasteiger partial charge on any atom is 0.224 e. The highest BCUT2D eigenvalue weighted by atomic mass is 127. The van der Waals surface area contributed by atoms with Crippen molar-refractivity contribution in [2.24, 2.45) is 10.4 Å². The number of halogens is 1. The van der Waals surface area contributed by atoms with Gasteiger partial charge in [-0.05, 0) is 31.6 Å². The van der Waals surface area contributed by atoms with E-state index in [0.29, 0.717) is 18.4 Å². The molecule has 0 unspecified atom stereocenters. The van der Waals surface area contributed by atoms with Crippen LogP contribution in [0, 0.1) is 5.41 Å². The van der Waals surface area contributed by atoms with Gasteiger partial charge in [0.15, 0.2) is 5.96 Å². The van der Waals surface area contributed by atoms with Gasteiger partial charge in [-0.15, -0.1) is 24.0 Å². The Balaban J connectivity index is 0.00000242. The monoisotopic (exact) mass is 422 g/mol. The smallest absolute Gasteiger partial charge is 0.224 e. The number of hydrogen-bond donors (Lipinski definition) is 1. The van der Waals surface area contributed by atoms with Crippen LogP contribution in [-0.4, -0.2) is 60.9 Å². The molecule has 6 heteroatoms. The van der Waals surface area contributed by atoms with Crippen LogP contribution in [0.4, 0.5) is 0 Å². The molecule has 1 amide bonds. The van der Waals surface area contributed by atoms with Crippen LogP contribution in [0.3, 0.4) is 0 Å². The molecule has 0 spiro atoms. The maximum atomic E-state index is 12.0. The van der Waals surface area contributed by atoms with Crippen LogP contribution < -0.4 is 5.32 Å². The van der Waals surface area contributed by atoms with Gasteiger partial charge in [-0.3, -0.25) is 9.79 Å². The molecule has 2 aliphatic heterocycles. The molecule has 2 saturated heterocycles. The lowest BCUT2D eigenvalue weighted by Gasteiger charge is -2.23. The van der Waals surface area contributed by atoms with Crippen molar-refractivity contribution >= 4 is 35.8 Å². The molecule has 2 heterocycles. The topological polar surface area (TPSA) is 47.9 Å². The summed E-state index contributed by atoms with van der Waals surface area (Å²) in [5, 5.41) is 3.36. The molecule has 0 atom stereocenters. The average molecular weight is 422 g/mol. The Kier molecular flexibility index (Phi) is 7.93. The number of nitrogens with zero attached hydrogens (tertiary/aromatic N) is 3. The normalized spacial score (nSPS) is 21.0. The number of likely N-dealkylation sites (tertiary alicyclic amines) is 2. The molecule has 0 aromatic carbocycles. The van der Waals surface area contributed by atoms with Gasteiger partial charge in [-0.2, -0.15) is 0 Å². The number of amides is 1. The Labute approximate surface area is 151 Å². The first-order valence-electron chi connectivity index (χ1n) is 8.33. The van der Waals surface area contributed by atoms with Gasteiger partial charge in [0.05, 0.1) is 6.54 Å². The zero-order valence-electron chi connectivity index (χ0n) is 14.2. The predicted octanol–water partition coefficient (Wildman–Crippen LogP) is 2.31. The molecule has 0 saturated carbocycles. The van der Waals surface area contributed by atoms with E-state index in [2.05, 4.69) is 36.0 Å². The van der Waals surface area contributed by atoms with E-state index in [1.54, 1.807) is 0 Å². The fraction of sp³-hybridized carbons (Fsp3) is 0.875. The second kappa shape index (κ2) is 8.93. The molecule has 2 fully saturated rings. The summed E-state index contributed by atoms with van der Waals surface area (Å²) in [6.07, 6.45) is 4.04. The number of carbonyl (C=O) groups is 1. The first-order valence-corrected chi connectivity index (χ1v) is 8.33. The van der Waals surface area contributed by atoms with Crippen LogP contribution >= 0.6 is 24.0 Å². The summed E-state index contributed by atoms with van der Waals surface area (Å²) in [7, 11) is 0. The summed E-state index contributed by atoms with van der Waals surface area (Å²) in [4.78, 5) is 21.0. The van der Waals surface area contributed by atoms with Crippen LogP contribution in [0.15, 0.2) is 4.99 Å². The number of guanidine groups is 1. The Morgan fingerprint density at radius 3 is 2.41 bits per heavy atom. The number of rotatable bonds is 4. The van der Waals surface area contributed by atoms with Crippen LogP contribution in [0.2, 0.25) is 0 Å². The SMILES string of the molecule is CCNC(=NCCC(=O)N1CCCC1)N1CCC(C)(C)C1.I. The molecule has 0 radical (unpaired) electrons. The van der Waals surface area contributed by atoms with Crippen molar-refractivity contribution in [2.45, 2.75) is 46.5 Å². The predicted molar refractivity (Wildman–Crippen MR) is 102 cm³/mol. The molecule has 128 valence electrons. The highest BCUT2D eigenvalue weighted by Gasteiger charge is 2.30. The van der Waals surface area contributed by atoms with Crippen LogP contribution in [0.25, 0.3) is 0 Å². The zero-order chi connectivity index (χ0) is 15.3. The molecule has 0 bridgehead atoms. The lowest BCUT2D eigenvalue weighted by Crippen LogP contribution is -2.41. The lowest BCUT2D eigenvalue weighted by molar-refractivity contribution is -0.129. The van der Waals surface area contributed by atoms with Gasteiger partial charge < -0.3 is 15.1 Å². The molecule has 0 aromatic heterocycles. The number of carbonyl (C=O) groups excluding carboxylic acids is 1. The van der Waals surface area contributed by atoms with E-state index < -0.39 is 0 Å². The maximum absolute atomic E-state index is 12.0. The fourth-order valence-corrected chi connectivity index (χ4v) is 3.10. The molecular formula is C16H31IN4O. The van der Waals surface area contributed by atoms with E-state index in [-0.39, 0.29) is 29.9 Å². The minimum Gasteiger partial charge on any atom is -0.357 e. The van der Waals surface area contributed by atoms with Crippen molar-refractivity contribution in [3.8, 4) is 0 Å². The summed E-state index contributed by atoms with van der Waals surface area (Å²) in [6.45, 7) is 12.1. The summed E-state index contributed by atoms with van der Waals surface area (Å²) in [5.74, 6) is 1.23. The first kappa shape index (κ1) is 19.5. The van der Waals surface area contributed by atoms with Gasteiger partial charge in [0.2, 0.25) is 5.91 Å². The zero-order valence-corrected chi connectivity index (χ0v) is 16.6. The van der Waals surface area contributed by atoms with E-state index in [0.717, 1.165) is 51.5 Å². The molecule has 5 nitrogen and oxygen atoms in total. The molecule has 0 aromatic rings. The van der Waals surface area contributed by atoms with Crippen LogP contribution in [-0.2, 0) is 4.79 Å². The van der Waals surface area contributed by atoms with E-state index in [1.165, 1.54) is 6.42 Å². The van der Waals surface area contributed by atoms with Gasteiger partial charge in [-0.25, -0.2) is 0 Å². The Hall–Kier alpha value is -0.530. The number of nitrogens with one attached hydrogen (secondary N) is 1. The Bertz CT molecular complexity index is 392. The Morgan fingerprint density at radius 1 is 1.18 bits per heavy atom. The van der Waals surface area contributed by atoms with Crippen molar-refractivity contribution < 1.29 is 4.79 Å². The van der Waals surface area contributed by atoms with Crippen LogP contribution in [0.5, 0.6) is 0 Å². The van der Waals surface area contributed by atoms with Gasteiger partial charge in [0.25, 0.3) is 0 Å². The van der Waals surface area contributed by atoms with Crippen molar-refractivity contribution in [3.63, 3.8) is 0 Å². The van der Waals surface area contributed by atoms with Crippen LogP contribution in [0.1, 0.15) is 46.5 Å². The first-order chi connectivity index (χ1) is 10.0. The van der Waals surface area contributed by atoms with Crippen molar-refractivity contribution in [3.05, 3.63) is 0 Å². The average Bonchev–Trinajstić information content (AvgIpc) is 3.07. The third kappa shape index (κ3) is 5.59. The third-order valence-corrected chi connectivity index (χ3v) is 4.36. The summed E-state index contributed by atoms with van der Waals surface area (Å²) >= 11 is 0. The van der Waals surface area contributed by atoms with E-state index >= 15 is 0 Å². The standard InChI is InChI=1S/C16H30N4O.HI/c1-4-17-15(20-12-8-16(2,3)13-20)18-9-7-14(21)19-10-5-6-11-19;/h4-13H2,1-3H3,(H,17,18);1H. The lowest BCUT2D eigenvalue weighted by atomic mass is 9.93. The highest BCUT2D eigenvalue weighted by Crippen LogP contribution is 2.28. The van der Waals surface area contributed by atoms with Gasteiger partial charge in [0, 0.05) is 39.1 Å². The fourth-order valence-electron chi connectivity index (χ4n) is 3.10. The van der Waals surface area contributed by atoms with E-state index in [4.69, 9.17) is 0 Å². The third-order valence-electron chi connectivity index (χ3n) is 4.36. The molecule has 1 N–H and O–H groups in total. The van der Waals surface area contributed by atoms with Crippen molar-refractivity contribution in [2.75, 3.05) is 39.3 Å². The summed E-state index contributed by atoms with van der Waals surface area (Å²) in [5.41, 5.74) is 0.363. The second-order valence-electron chi connectivity index (χ2n) is 6.91. The van der Waals surface area contributed by atoms with Gasteiger partial charge >= 0.3 is 0 Å². The second-order valence-corrected chi connectivity index (χ2v) is 6.91. The molecule has 0 aliphatic carbocycles. The summed E-state index contributed by atoms with van der Waals surface area (Å²) < 4.78 is 0. The highest BCUT2D eigenvalue weighted by molar-refractivity contribution is 14.0. The number of hydrogen-bond acceptors (Lipinski definition) is 2. The molecule has 22 heavy (non-hydrogen) atoms. The van der Waals surface area contributed by atoms with Gasteiger partial charge in [0.1, 0.15) is 0 Å². The molecule has 2 rings (SSSR count). The largest absolute Gasteiger partial charge is 0.357 e. The summed E-state index contributed by atoms with van der Waals surface area (Å²) in [6, 6.07) is 0. The minimum atomic E-state index is 0. The van der Waals surface area contributed by atoms with Crippen molar-refractivity contribution in [1.29, 1.82) is 0 Å². The molecule has 2 aliphatic rings.